The zero-order chi connectivity index (χ0) is 9.35. The lowest BCUT2D eigenvalue weighted by Gasteiger charge is -2.17. The zero-order valence-corrected chi connectivity index (χ0v) is 7.57. The van der Waals surface area contributed by atoms with Gasteiger partial charge in [-0.2, -0.15) is 0 Å². The third-order valence-electron chi connectivity index (χ3n) is 1.77. The Hall–Kier alpha value is -0.560. The minimum atomic E-state index is -0.682. The number of ether oxygens (including phenoxy) is 2. The molecule has 0 aromatic heterocycles. The molecule has 0 saturated carbocycles. The quantitative estimate of drug-likeness (QED) is 0.583. The molecule has 1 rings (SSSR count). The first kappa shape index (κ1) is 9.53. The van der Waals surface area contributed by atoms with Crippen LogP contribution < -0.4 is 0 Å². The van der Waals surface area contributed by atoms with Crippen molar-refractivity contribution in [2.75, 3.05) is 0 Å². The molecule has 3 atom stereocenters. The average Bonchev–Trinajstić information content (AvgIpc) is 2.25. The maximum absolute atomic E-state index is 9.29. The van der Waals surface area contributed by atoms with Crippen molar-refractivity contribution in [2.45, 2.75) is 44.9 Å². The minimum Gasteiger partial charge on any atom is -0.391 e. The third kappa shape index (κ3) is 1.78. The summed E-state index contributed by atoms with van der Waals surface area (Å²) in [6.07, 6.45) is 3.76. The fourth-order valence-corrected chi connectivity index (χ4v) is 1.27. The number of terminal acetylenes is 1. The molecule has 68 valence electrons. The van der Waals surface area contributed by atoms with Crippen LogP contribution in [0.5, 0.6) is 0 Å². The second kappa shape index (κ2) is 3.06. The number of rotatable bonds is 1. The van der Waals surface area contributed by atoms with Gasteiger partial charge in [0.25, 0.3) is 0 Å². The van der Waals surface area contributed by atoms with Gasteiger partial charge in [-0.1, -0.05) is 5.92 Å². The van der Waals surface area contributed by atoms with Crippen molar-refractivity contribution >= 4 is 0 Å². The van der Waals surface area contributed by atoms with Crippen molar-refractivity contribution in [1.29, 1.82) is 0 Å². The van der Waals surface area contributed by atoms with E-state index in [9.17, 15) is 5.11 Å². The predicted octanol–water partition coefficient (Wildman–Crippen LogP) is 0.520. The van der Waals surface area contributed by atoms with E-state index in [2.05, 4.69) is 5.92 Å². The summed E-state index contributed by atoms with van der Waals surface area (Å²) >= 11 is 0. The van der Waals surface area contributed by atoms with E-state index in [0.29, 0.717) is 0 Å². The van der Waals surface area contributed by atoms with Crippen LogP contribution in [0.15, 0.2) is 0 Å². The lowest BCUT2D eigenvalue weighted by molar-refractivity contribution is -0.151. The Kier molecular flexibility index (Phi) is 2.43. The molecule has 0 aromatic carbocycles. The maximum Gasteiger partial charge on any atom is 0.165 e. The van der Waals surface area contributed by atoms with Crippen molar-refractivity contribution in [3.8, 4) is 12.3 Å². The first-order valence-corrected chi connectivity index (χ1v) is 3.96. The molecular weight excluding hydrogens is 156 g/mol. The van der Waals surface area contributed by atoms with Crippen LogP contribution in [0.4, 0.5) is 0 Å². The fourth-order valence-electron chi connectivity index (χ4n) is 1.27. The SMILES string of the molecule is C#C[C@@H]1OC(C)(C)O[C@@H]1[C@H](C)O. The number of aliphatic hydroxyl groups is 1. The summed E-state index contributed by atoms with van der Waals surface area (Å²) in [6, 6.07) is 0. The summed E-state index contributed by atoms with van der Waals surface area (Å²) in [5.74, 6) is 1.76. The smallest absolute Gasteiger partial charge is 0.165 e. The summed E-state index contributed by atoms with van der Waals surface area (Å²) in [5.41, 5.74) is 0. The van der Waals surface area contributed by atoms with E-state index in [1.807, 2.05) is 0 Å². The summed E-state index contributed by atoms with van der Waals surface area (Å²) in [7, 11) is 0. The second-order valence-corrected chi connectivity index (χ2v) is 3.43. The molecule has 0 aromatic rings. The highest BCUT2D eigenvalue weighted by atomic mass is 16.8. The Labute approximate surface area is 72.7 Å². The molecule has 0 radical (unpaired) electrons. The van der Waals surface area contributed by atoms with E-state index < -0.39 is 24.1 Å². The standard InChI is InChI=1S/C9H14O3/c1-5-7-8(6(2)10)12-9(3,4)11-7/h1,6-8,10H,2-4H3/t6-,7-,8+/m0/s1. The average molecular weight is 170 g/mol. The van der Waals surface area contributed by atoms with Crippen molar-refractivity contribution in [3.63, 3.8) is 0 Å². The fraction of sp³-hybridized carbons (Fsp3) is 0.778. The minimum absolute atomic E-state index is 0.412. The summed E-state index contributed by atoms with van der Waals surface area (Å²) < 4.78 is 10.8. The molecule has 1 aliphatic rings. The summed E-state index contributed by atoms with van der Waals surface area (Å²) in [5, 5.41) is 9.29. The van der Waals surface area contributed by atoms with Gasteiger partial charge in [-0.15, -0.1) is 6.42 Å². The molecule has 1 N–H and O–H groups in total. The highest BCUT2D eigenvalue weighted by Crippen LogP contribution is 2.29. The van der Waals surface area contributed by atoms with E-state index in [-0.39, 0.29) is 0 Å². The molecule has 0 amide bonds. The monoisotopic (exact) mass is 170 g/mol. The lowest BCUT2D eigenvalue weighted by atomic mass is 10.1. The maximum atomic E-state index is 9.29. The van der Waals surface area contributed by atoms with Crippen molar-refractivity contribution in [3.05, 3.63) is 0 Å². The molecule has 1 heterocycles. The highest BCUT2D eigenvalue weighted by Gasteiger charge is 2.42. The normalized spacial score (nSPS) is 35.9. The lowest BCUT2D eigenvalue weighted by Crippen LogP contribution is -2.32. The van der Waals surface area contributed by atoms with Gasteiger partial charge in [0.15, 0.2) is 5.79 Å². The Morgan fingerprint density at radius 2 is 2.08 bits per heavy atom. The van der Waals surface area contributed by atoms with Crippen LogP contribution in [0.3, 0.4) is 0 Å². The summed E-state index contributed by atoms with van der Waals surface area (Å²) in [6.45, 7) is 5.19. The second-order valence-electron chi connectivity index (χ2n) is 3.43. The van der Waals surface area contributed by atoms with Crippen molar-refractivity contribution in [1.82, 2.24) is 0 Å². The molecule has 3 nitrogen and oxygen atoms in total. The Morgan fingerprint density at radius 1 is 1.50 bits per heavy atom. The van der Waals surface area contributed by atoms with Gasteiger partial charge < -0.3 is 14.6 Å². The molecule has 0 bridgehead atoms. The van der Waals surface area contributed by atoms with Gasteiger partial charge >= 0.3 is 0 Å². The third-order valence-corrected chi connectivity index (χ3v) is 1.77. The van der Waals surface area contributed by atoms with Crippen LogP contribution in [-0.4, -0.2) is 29.2 Å². The number of aliphatic hydroxyl groups excluding tert-OH is 1. The summed E-state index contributed by atoms with van der Waals surface area (Å²) in [4.78, 5) is 0. The van der Waals surface area contributed by atoms with Gasteiger partial charge in [-0.05, 0) is 20.8 Å². The molecule has 0 unspecified atom stereocenters. The Morgan fingerprint density at radius 3 is 2.42 bits per heavy atom. The highest BCUT2D eigenvalue weighted by molar-refractivity contribution is 5.04. The van der Waals surface area contributed by atoms with Crippen LogP contribution in [0, 0.1) is 12.3 Å². The van der Waals surface area contributed by atoms with Gasteiger partial charge in [0.2, 0.25) is 0 Å². The molecule has 1 saturated heterocycles. The molecular formula is C9H14O3. The molecule has 1 fully saturated rings. The zero-order valence-electron chi connectivity index (χ0n) is 7.57. The van der Waals surface area contributed by atoms with E-state index in [4.69, 9.17) is 15.9 Å². The van der Waals surface area contributed by atoms with Gasteiger partial charge in [-0.25, -0.2) is 0 Å². The van der Waals surface area contributed by atoms with Crippen LogP contribution >= 0.6 is 0 Å². The molecule has 12 heavy (non-hydrogen) atoms. The van der Waals surface area contributed by atoms with Crippen LogP contribution in [0.25, 0.3) is 0 Å². The van der Waals surface area contributed by atoms with Gasteiger partial charge in [0, 0.05) is 0 Å². The largest absolute Gasteiger partial charge is 0.391 e. The first-order valence-electron chi connectivity index (χ1n) is 3.96. The van der Waals surface area contributed by atoms with E-state index in [1.54, 1.807) is 20.8 Å². The van der Waals surface area contributed by atoms with E-state index in [0.717, 1.165) is 0 Å². The molecule has 0 aliphatic carbocycles. The van der Waals surface area contributed by atoms with Crippen molar-refractivity contribution < 1.29 is 14.6 Å². The molecule has 0 spiro atoms. The number of hydrogen-bond acceptors (Lipinski definition) is 3. The number of hydrogen-bond donors (Lipinski definition) is 1. The van der Waals surface area contributed by atoms with E-state index >= 15 is 0 Å². The topological polar surface area (TPSA) is 38.7 Å². The van der Waals surface area contributed by atoms with Crippen LogP contribution in [0.1, 0.15) is 20.8 Å². The first-order chi connectivity index (χ1) is 5.46. The van der Waals surface area contributed by atoms with E-state index in [1.165, 1.54) is 0 Å². The van der Waals surface area contributed by atoms with Crippen LogP contribution in [-0.2, 0) is 9.47 Å². The van der Waals surface area contributed by atoms with Crippen LogP contribution in [0.2, 0.25) is 0 Å². The Balaban J connectivity index is 2.71. The van der Waals surface area contributed by atoms with Gasteiger partial charge in [-0.3, -0.25) is 0 Å². The molecule has 3 heteroatoms. The predicted molar refractivity (Wildman–Crippen MR) is 44.3 cm³/mol. The van der Waals surface area contributed by atoms with Gasteiger partial charge in [0.05, 0.1) is 6.10 Å². The Bertz CT molecular complexity index is 202. The van der Waals surface area contributed by atoms with Crippen molar-refractivity contribution in [2.24, 2.45) is 0 Å². The molecule has 1 aliphatic heterocycles. The van der Waals surface area contributed by atoms with Gasteiger partial charge in [0.1, 0.15) is 12.2 Å².